The minimum absolute atomic E-state index is 0.0266. The number of carbonyl (C=O) groups excluding carboxylic acids is 4. The van der Waals surface area contributed by atoms with Crippen LogP contribution in [0.3, 0.4) is 0 Å². The van der Waals surface area contributed by atoms with Gasteiger partial charge in [0.15, 0.2) is 0 Å². The lowest BCUT2D eigenvalue weighted by molar-refractivity contribution is -0.139. The van der Waals surface area contributed by atoms with Crippen LogP contribution in [0.1, 0.15) is 129 Å². The van der Waals surface area contributed by atoms with Gasteiger partial charge in [0.1, 0.15) is 17.4 Å². The van der Waals surface area contributed by atoms with Gasteiger partial charge in [0.05, 0.1) is 34.9 Å². The highest BCUT2D eigenvalue weighted by molar-refractivity contribution is 6.34. The Kier molecular flexibility index (Phi) is 14.7. The highest BCUT2D eigenvalue weighted by Gasteiger charge is 2.40. The quantitative estimate of drug-likeness (QED) is 0.123. The third kappa shape index (κ3) is 11.2. The summed E-state index contributed by atoms with van der Waals surface area (Å²) < 4.78 is 46.8. The summed E-state index contributed by atoms with van der Waals surface area (Å²) in [5.41, 5.74) is 8.38. The first-order chi connectivity index (χ1) is 34.0. The first kappa shape index (κ1) is 50.3. The Morgan fingerprint density at radius 1 is 0.901 bits per heavy atom. The van der Waals surface area contributed by atoms with Crippen LogP contribution in [0.5, 0.6) is 5.75 Å². The van der Waals surface area contributed by atoms with Crippen molar-refractivity contribution in [3.63, 3.8) is 0 Å². The number of halogens is 4. The molecule has 2 saturated carbocycles. The number of likely N-dealkylation sites (tertiary alicyclic amines) is 1. The number of nitrogens with two attached hydrogens (primary N) is 1. The maximum Gasteiger partial charge on any atom is 0.416 e. The van der Waals surface area contributed by atoms with Gasteiger partial charge in [-0.05, 0) is 162 Å². The molecule has 4 aromatic rings. The van der Waals surface area contributed by atoms with Crippen molar-refractivity contribution in [2.45, 2.75) is 109 Å². The fourth-order valence-electron chi connectivity index (χ4n) is 11.8. The Morgan fingerprint density at radius 3 is 2.30 bits per heavy atom. The maximum atomic E-state index is 13.9. The number of aryl methyl sites for hydroxylation is 1. The smallest absolute Gasteiger partial charge is 0.416 e. The first-order valence-corrected chi connectivity index (χ1v) is 25.7. The number of fused-ring (bicyclic) bond motifs is 1. The normalized spacial score (nSPS) is 21.9. The third-order valence-electron chi connectivity index (χ3n) is 16.2. The number of imide groups is 1. The van der Waals surface area contributed by atoms with Gasteiger partial charge in [0.25, 0.3) is 5.91 Å². The van der Waals surface area contributed by atoms with Gasteiger partial charge in [0, 0.05) is 80.9 Å². The van der Waals surface area contributed by atoms with Gasteiger partial charge in [-0.25, -0.2) is 14.8 Å². The van der Waals surface area contributed by atoms with E-state index in [-0.39, 0.29) is 53.6 Å². The number of alkyl halides is 3. The molecule has 18 heteroatoms. The van der Waals surface area contributed by atoms with Crippen LogP contribution >= 0.6 is 11.6 Å². The van der Waals surface area contributed by atoms with Gasteiger partial charge < -0.3 is 25.6 Å². The van der Waals surface area contributed by atoms with Gasteiger partial charge in [0.2, 0.25) is 11.8 Å². The molecule has 5 amide bonds. The SMILES string of the molecule is COc1cc2nc(C)nc(N[C@H](C)c3cc(N)cc(C(F)(F)F)c3)c2cc1C1CCC(C(=O)N2CCN(CCC3CCC4(CC3)CCN(C(=O)c3ccc(Cl)c(N5CCC(=O)NC5=O)c3)CC4)CC2)CC1. The van der Waals surface area contributed by atoms with Crippen LogP contribution in [0, 0.1) is 24.2 Å². The van der Waals surface area contributed by atoms with Crippen molar-refractivity contribution in [3.05, 3.63) is 81.6 Å². The summed E-state index contributed by atoms with van der Waals surface area (Å²) in [7, 11) is 1.64. The van der Waals surface area contributed by atoms with Crippen LogP contribution in [-0.2, 0) is 15.8 Å². The zero-order chi connectivity index (χ0) is 50.2. The number of nitrogens with one attached hydrogen (secondary N) is 2. The number of urea groups is 1. The molecule has 1 spiro atoms. The number of anilines is 3. The highest BCUT2D eigenvalue weighted by Crippen LogP contribution is 2.48. The molecule has 3 aromatic carbocycles. The van der Waals surface area contributed by atoms with Gasteiger partial charge in [-0.15, -0.1) is 0 Å². The second-order valence-electron chi connectivity index (χ2n) is 20.6. The van der Waals surface area contributed by atoms with Crippen molar-refractivity contribution < 1.29 is 37.1 Å². The zero-order valence-electron chi connectivity index (χ0n) is 40.9. The number of nitrogens with zero attached hydrogens (tertiary/aromatic N) is 6. The molecular weight excluding hydrogens is 935 g/mol. The Morgan fingerprint density at radius 2 is 1.62 bits per heavy atom. The number of piperazine rings is 1. The lowest BCUT2D eigenvalue weighted by Gasteiger charge is -2.46. The molecule has 5 fully saturated rings. The van der Waals surface area contributed by atoms with Crippen LogP contribution < -0.4 is 26.0 Å². The number of aromatic nitrogens is 2. The van der Waals surface area contributed by atoms with E-state index < -0.39 is 23.8 Å². The van der Waals surface area contributed by atoms with Crippen LogP contribution in [0.2, 0.25) is 5.02 Å². The lowest BCUT2D eigenvalue weighted by atomic mass is 9.65. The topological polar surface area (TPSA) is 166 Å². The molecule has 2 aliphatic carbocycles. The number of piperidine rings is 1. The summed E-state index contributed by atoms with van der Waals surface area (Å²) in [4.78, 5) is 69.0. The fourth-order valence-corrected chi connectivity index (χ4v) is 12.1. The maximum absolute atomic E-state index is 13.9. The molecule has 3 saturated heterocycles. The molecule has 0 unspecified atom stereocenters. The lowest BCUT2D eigenvalue weighted by Crippen LogP contribution is -2.51. The molecule has 0 bridgehead atoms. The number of methoxy groups -OCH3 is 1. The van der Waals surface area contributed by atoms with Crippen molar-refractivity contribution in [1.29, 1.82) is 0 Å². The van der Waals surface area contributed by atoms with Crippen LogP contribution in [0.25, 0.3) is 10.9 Å². The molecule has 0 radical (unpaired) electrons. The molecular formula is C53H65ClF3N9O5. The molecule has 14 nitrogen and oxygen atoms in total. The summed E-state index contributed by atoms with van der Waals surface area (Å²) in [5, 5.41) is 6.76. The zero-order valence-corrected chi connectivity index (χ0v) is 41.6. The highest BCUT2D eigenvalue weighted by atomic mass is 35.5. The van der Waals surface area contributed by atoms with E-state index in [9.17, 15) is 32.3 Å². The Hall–Kier alpha value is -5.68. The summed E-state index contributed by atoms with van der Waals surface area (Å²) in [6.07, 6.45) is 6.74. The molecule has 4 N–H and O–H groups in total. The predicted octanol–water partition coefficient (Wildman–Crippen LogP) is 9.74. The Labute approximate surface area is 418 Å². The van der Waals surface area contributed by atoms with Crippen LogP contribution in [-0.4, -0.2) is 108 Å². The predicted molar refractivity (Wildman–Crippen MR) is 268 cm³/mol. The first-order valence-electron chi connectivity index (χ1n) is 25.3. The average Bonchev–Trinajstić information content (AvgIpc) is 3.35. The van der Waals surface area contributed by atoms with Crippen molar-refractivity contribution >= 4 is 63.4 Å². The van der Waals surface area contributed by atoms with E-state index >= 15 is 0 Å². The third-order valence-corrected chi connectivity index (χ3v) is 16.5. The second kappa shape index (κ2) is 20.8. The van der Waals surface area contributed by atoms with E-state index in [1.165, 1.54) is 30.6 Å². The number of carbonyl (C=O) groups is 4. The van der Waals surface area contributed by atoms with Crippen LogP contribution in [0.4, 0.5) is 35.2 Å². The minimum atomic E-state index is -4.53. The second-order valence-corrected chi connectivity index (χ2v) is 21.1. The van der Waals surface area contributed by atoms with E-state index in [0.29, 0.717) is 63.8 Å². The Balaban J connectivity index is 0.718. The van der Waals surface area contributed by atoms with Crippen molar-refractivity contribution in [1.82, 2.24) is 30.0 Å². The summed E-state index contributed by atoms with van der Waals surface area (Å²) in [6, 6.07) is 11.5. The summed E-state index contributed by atoms with van der Waals surface area (Å²) in [6.45, 7) is 9.46. The minimum Gasteiger partial charge on any atom is -0.496 e. The van der Waals surface area contributed by atoms with E-state index in [1.807, 2.05) is 17.0 Å². The standard InChI is InChI=1S/C53H65ClF3N9O5/c1-32(38-26-39(53(55,56)57)29-40(58)27-38)59-48-42-30-41(46(71-3)31-44(42)60-33(2)61-48)35-4-6-36(7-5-35)49(68)65-24-22-63(23-25-65)18-12-34-10-14-52(15-11-34)16-20-64(21-17-52)50(69)37-8-9-43(54)45(28-37)66-19-13-47(67)62-51(66)70/h8-9,26-32,34-36H,4-7,10-25,58H2,1-3H3,(H,59,60,61)(H,62,67,70)/t32-,35?,36?/m1/s1. The van der Waals surface area contributed by atoms with Crippen molar-refractivity contribution in [3.8, 4) is 5.75 Å². The van der Waals surface area contributed by atoms with E-state index in [2.05, 4.69) is 30.4 Å². The van der Waals surface area contributed by atoms with Crippen molar-refractivity contribution in [2.24, 2.45) is 17.3 Å². The van der Waals surface area contributed by atoms with E-state index in [1.54, 1.807) is 45.2 Å². The van der Waals surface area contributed by atoms with Gasteiger partial charge in [-0.3, -0.25) is 29.5 Å². The molecule has 380 valence electrons. The van der Waals surface area contributed by atoms with E-state index in [0.717, 1.165) is 101 Å². The Bertz CT molecular complexity index is 2650. The molecule has 5 aliphatic rings. The van der Waals surface area contributed by atoms with Gasteiger partial charge >= 0.3 is 12.2 Å². The number of rotatable bonds is 11. The number of ether oxygens (including phenoxy) is 1. The summed E-state index contributed by atoms with van der Waals surface area (Å²) in [5.74, 6) is 2.40. The largest absolute Gasteiger partial charge is 0.496 e. The number of benzene rings is 3. The molecule has 1 aromatic heterocycles. The molecule has 4 heterocycles. The number of nitrogen functional groups attached to an aromatic ring is 1. The fraction of sp³-hybridized carbons (Fsp3) is 0.547. The van der Waals surface area contributed by atoms with Gasteiger partial charge in [-0.2, -0.15) is 13.2 Å². The van der Waals surface area contributed by atoms with Gasteiger partial charge in [-0.1, -0.05) is 11.6 Å². The molecule has 3 aliphatic heterocycles. The average molecular weight is 1000 g/mol. The number of hydrogen-bond donors (Lipinski definition) is 3. The van der Waals surface area contributed by atoms with E-state index in [4.69, 9.17) is 22.1 Å². The van der Waals surface area contributed by atoms with Crippen molar-refractivity contribution in [2.75, 3.05) is 75.4 Å². The number of amides is 5. The molecule has 71 heavy (non-hydrogen) atoms. The summed E-state index contributed by atoms with van der Waals surface area (Å²) >= 11 is 6.44. The van der Waals surface area contributed by atoms with Crippen LogP contribution in [0.15, 0.2) is 48.5 Å². The molecule has 9 rings (SSSR count). The monoisotopic (exact) mass is 999 g/mol. The number of hydrogen-bond acceptors (Lipinski definition) is 10. The molecule has 1 atom stereocenters.